The Bertz CT molecular complexity index is 953. The maximum atomic E-state index is 11.9. The van der Waals surface area contributed by atoms with Crippen molar-refractivity contribution in [3.63, 3.8) is 0 Å². The Labute approximate surface area is 184 Å². The Hall–Kier alpha value is -2.71. The number of rotatable bonds is 8. The van der Waals surface area contributed by atoms with E-state index in [1.54, 1.807) is 6.26 Å². The molecule has 0 aliphatic rings. The van der Waals surface area contributed by atoms with Gasteiger partial charge in [-0.05, 0) is 53.2 Å². The van der Waals surface area contributed by atoms with Crippen LogP contribution in [0.4, 0.5) is 5.69 Å². The number of anilines is 1. The second-order valence-electron chi connectivity index (χ2n) is 8.11. The molecule has 0 saturated carbocycles. The van der Waals surface area contributed by atoms with Crippen molar-refractivity contribution in [2.75, 3.05) is 24.6 Å². The maximum absolute atomic E-state index is 11.9. The highest BCUT2D eigenvalue weighted by Crippen LogP contribution is 2.32. The molecule has 1 aromatic carbocycles. The monoisotopic (exact) mass is 425 g/mol. The summed E-state index contributed by atoms with van der Waals surface area (Å²) in [6, 6.07) is 10.2. The van der Waals surface area contributed by atoms with Crippen molar-refractivity contribution in [2.24, 2.45) is 5.41 Å². The lowest BCUT2D eigenvalue weighted by Crippen LogP contribution is -2.26. The molecule has 1 aromatic heterocycles. The number of ether oxygens (including phenoxy) is 1. The molecule has 0 fully saturated rings. The molecular weight excluding hydrogens is 394 g/mol. The molecule has 0 aliphatic heterocycles. The third-order valence-corrected chi connectivity index (χ3v) is 5.39. The fourth-order valence-corrected chi connectivity index (χ4v) is 3.67. The largest absolute Gasteiger partial charge is 0.501 e. The smallest absolute Gasteiger partial charge is 0.348 e. The third kappa shape index (κ3) is 6.67. The molecule has 30 heavy (non-hydrogen) atoms. The van der Waals surface area contributed by atoms with E-state index in [2.05, 4.69) is 47.9 Å². The molecule has 4 nitrogen and oxygen atoms in total. The van der Waals surface area contributed by atoms with Crippen LogP contribution in [0.1, 0.15) is 60.3 Å². The van der Waals surface area contributed by atoms with Crippen LogP contribution < -0.4 is 4.90 Å². The predicted octanol–water partition coefficient (Wildman–Crippen LogP) is 6.06. The van der Waals surface area contributed by atoms with Gasteiger partial charge in [0.1, 0.15) is 4.88 Å². The Kier molecular flexibility index (Phi) is 8.14. The summed E-state index contributed by atoms with van der Waals surface area (Å²) < 4.78 is 5.60. The Morgan fingerprint density at radius 1 is 1.23 bits per heavy atom. The van der Waals surface area contributed by atoms with E-state index in [9.17, 15) is 9.90 Å². The van der Waals surface area contributed by atoms with Crippen molar-refractivity contribution in [3.05, 3.63) is 57.5 Å². The molecule has 0 radical (unpaired) electrons. The van der Waals surface area contributed by atoms with Crippen LogP contribution >= 0.6 is 11.3 Å². The number of carboxylic acids is 1. The lowest BCUT2D eigenvalue weighted by Gasteiger charge is -2.24. The van der Waals surface area contributed by atoms with Crippen LogP contribution in [0.2, 0.25) is 0 Å². The summed E-state index contributed by atoms with van der Waals surface area (Å²) in [5.74, 6) is 5.41. The summed E-state index contributed by atoms with van der Waals surface area (Å²) in [6.45, 7) is 13.9. The average Bonchev–Trinajstić information content (AvgIpc) is 3.11. The van der Waals surface area contributed by atoms with Crippen LogP contribution in [0.25, 0.3) is 5.57 Å². The van der Waals surface area contributed by atoms with E-state index < -0.39 is 5.97 Å². The molecule has 0 saturated heterocycles. The Morgan fingerprint density at radius 3 is 2.43 bits per heavy atom. The molecular formula is C25H31NO3S. The van der Waals surface area contributed by atoms with Gasteiger partial charge >= 0.3 is 5.97 Å². The number of nitrogens with zero attached hydrogens (tertiary/aromatic N) is 1. The van der Waals surface area contributed by atoms with Crippen molar-refractivity contribution in [2.45, 2.75) is 41.5 Å². The summed E-state index contributed by atoms with van der Waals surface area (Å²) in [7, 11) is 0. The minimum Gasteiger partial charge on any atom is -0.501 e. The van der Waals surface area contributed by atoms with Crippen molar-refractivity contribution >= 4 is 28.6 Å². The fourth-order valence-electron chi connectivity index (χ4n) is 2.80. The summed E-state index contributed by atoms with van der Waals surface area (Å²) in [6.07, 6.45) is 1.78. The molecule has 1 N–H and O–H groups in total. The van der Waals surface area contributed by atoms with Crippen LogP contribution in [0.15, 0.2) is 36.6 Å². The van der Waals surface area contributed by atoms with Gasteiger partial charge in [-0.1, -0.05) is 41.7 Å². The van der Waals surface area contributed by atoms with Gasteiger partial charge in [-0.15, -0.1) is 11.3 Å². The zero-order valence-electron chi connectivity index (χ0n) is 18.7. The van der Waals surface area contributed by atoms with Crippen LogP contribution in [0, 0.1) is 24.2 Å². The number of likely N-dealkylation sites (N-methyl/N-ethyl adjacent to an activating group) is 1. The third-order valence-electron chi connectivity index (χ3n) is 4.37. The second kappa shape index (κ2) is 10.4. The maximum Gasteiger partial charge on any atom is 0.348 e. The molecule has 2 rings (SSSR count). The van der Waals surface area contributed by atoms with E-state index >= 15 is 0 Å². The Morgan fingerprint density at radius 2 is 1.90 bits per heavy atom. The Balaban J connectivity index is 2.43. The van der Waals surface area contributed by atoms with E-state index in [4.69, 9.17) is 4.74 Å². The van der Waals surface area contributed by atoms with Gasteiger partial charge in [0.25, 0.3) is 0 Å². The first-order chi connectivity index (χ1) is 14.1. The topological polar surface area (TPSA) is 49.8 Å². The van der Waals surface area contributed by atoms with Crippen molar-refractivity contribution in [1.29, 1.82) is 0 Å². The van der Waals surface area contributed by atoms with Crippen LogP contribution in [0.5, 0.6) is 0 Å². The summed E-state index contributed by atoms with van der Waals surface area (Å²) in [5, 5.41) is 9.77. The van der Waals surface area contributed by atoms with Crippen molar-refractivity contribution in [1.82, 2.24) is 0 Å². The minimum absolute atomic E-state index is 0.142. The highest BCUT2D eigenvalue weighted by molar-refractivity contribution is 7.15. The lowest BCUT2D eigenvalue weighted by molar-refractivity contribution is 0.0702. The van der Waals surface area contributed by atoms with Gasteiger partial charge < -0.3 is 14.7 Å². The van der Waals surface area contributed by atoms with Crippen molar-refractivity contribution < 1.29 is 14.6 Å². The van der Waals surface area contributed by atoms with Gasteiger partial charge in [-0.2, -0.15) is 0 Å². The quantitative estimate of drug-likeness (QED) is 0.413. The number of benzene rings is 1. The number of hydrogen-bond donors (Lipinski definition) is 1. The van der Waals surface area contributed by atoms with Gasteiger partial charge in [0.05, 0.1) is 23.4 Å². The SMILES string of the molecule is CCOC=C(CN(CC)c1cc(C#CC(C)(C)C)sc1C(=O)O)c1ccc(C)cc1. The fraction of sp³-hybridized carbons (Fsp3) is 0.400. The van der Waals surface area contributed by atoms with Gasteiger partial charge in [-0.25, -0.2) is 4.79 Å². The zero-order valence-corrected chi connectivity index (χ0v) is 19.5. The highest BCUT2D eigenvalue weighted by atomic mass is 32.1. The summed E-state index contributed by atoms with van der Waals surface area (Å²) in [5.41, 5.74) is 3.81. The van der Waals surface area contributed by atoms with E-state index in [1.165, 1.54) is 16.9 Å². The number of aromatic carboxylic acids is 1. The predicted molar refractivity (Wildman–Crippen MR) is 126 cm³/mol. The van der Waals surface area contributed by atoms with E-state index in [0.29, 0.717) is 30.3 Å². The first-order valence-corrected chi connectivity index (χ1v) is 11.0. The molecule has 0 bridgehead atoms. The molecule has 160 valence electrons. The first kappa shape index (κ1) is 23.6. The summed E-state index contributed by atoms with van der Waals surface area (Å²) >= 11 is 1.23. The van der Waals surface area contributed by atoms with E-state index in [0.717, 1.165) is 16.0 Å². The molecule has 2 aromatic rings. The number of thiophene rings is 1. The molecule has 5 heteroatoms. The standard InChI is InChI=1S/C25H31NO3S/c1-7-26(16-20(17-29-8-2)19-11-9-18(3)10-12-19)22-15-21(13-14-25(4,5)6)30-23(22)24(27)28/h9-12,15,17H,7-8,16H2,1-6H3,(H,27,28). The molecule has 1 heterocycles. The molecule has 0 atom stereocenters. The average molecular weight is 426 g/mol. The first-order valence-electron chi connectivity index (χ1n) is 10.2. The van der Waals surface area contributed by atoms with Crippen LogP contribution in [-0.2, 0) is 4.74 Å². The molecule has 0 aliphatic carbocycles. The minimum atomic E-state index is -0.928. The van der Waals surface area contributed by atoms with E-state index in [-0.39, 0.29) is 5.41 Å². The van der Waals surface area contributed by atoms with Gasteiger partial charge in [0.15, 0.2) is 0 Å². The highest BCUT2D eigenvalue weighted by Gasteiger charge is 2.21. The van der Waals surface area contributed by atoms with Gasteiger partial charge in [-0.3, -0.25) is 0 Å². The zero-order chi connectivity index (χ0) is 22.3. The van der Waals surface area contributed by atoms with Crippen molar-refractivity contribution in [3.8, 4) is 11.8 Å². The van der Waals surface area contributed by atoms with E-state index in [1.807, 2.05) is 40.7 Å². The number of hydrogen-bond acceptors (Lipinski definition) is 4. The number of aryl methyl sites for hydroxylation is 1. The van der Waals surface area contributed by atoms with Gasteiger partial charge in [0.2, 0.25) is 0 Å². The van der Waals surface area contributed by atoms with Crippen LogP contribution in [-0.4, -0.2) is 30.8 Å². The number of carbonyl (C=O) groups is 1. The second-order valence-corrected chi connectivity index (χ2v) is 9.16. The summed E-state index contributed by atoms with van der Waals surface area (Å²) in [4.78, 5) is 15.1. The normalized spacial score (nSPS) is 11.6. The van der Waals surface area contributed by atoms with Gasteiger partial charge in [0, 0.05) is 24.1 Å². The molecule has 0 amide bonds. The number of carboxylic acid groups (broad SMARTS) is 1. The molecule has 0 spiro atoms. The molecule has 0 unspecified atom stereocenters. The lowest BCUT2D eigenvalue weighted by atomic mass is 9.98. The van der Waals surface area contributed by atoms with Crippen LogP contribution in [0.3, 0.4) is 0 Å².